The Hall–Kier alpha value is -2.70. The van der Waals surface area contributed by atoms with E-state index in [1.807, 2.05) is 6.92 Å². The Kier molecular flexibility index (Phi) is 5.58. The zero-order valence-electron chi connectivity index (χ0n) is 15.5. The zero-order valence-corrected chi connectivity index (χ0v) is 15.5. The molecule has 0 saturated carbocycles. The van der Waals surface area contributed by atoms with Crippen LogP contribution in [0.5, 0.6) is 0 Å². The Labute approximate surface area is 158 Å². The molecule has 1 atom stereocenters. The first-order valence-corrected chi connectivity index (χ1v) is 9.20. The summed E-state index contributed by atoms with van der Waals surface area (Å²) in [5.74, 6) is -0.539. The highest BCUT2D eigenvalue weighted by Gasteiger charge is 2.30. The third kappa shape index (κ3) is 4.02. The molecule has 2 heterocycles. The largest absolute Gasteiger partial charge is 0.336 e. The van der Waals surface area contributed by atoms with Gasteiger partial charge >= 0.3 is 0 Å². The molecule has 0 unspecified atom stereocenters. The van der Waals surface area contributed by atoms with Gasteiger partial charge in [0.05, 0.1) is 0 Å². The molecule has 0 bridgehead atoms. The van der Waals surface area contributed by atoms with Crippen LogP contribution >= 0.6 is 0 Å². The molecule has 0 spiro atoms. The number of rotatable bonds is 4. The summed E-state index contributed by atoms with van der Waals surface area (Å²) in [7, 11) is 0. The van der Waals surface area contributed by atoms with Crippen molar-refractivity contribution in [2.45, 2.75) is 32.2 Å². The summed E-state index contributed by atoms with van der Waals surface area (Å²) in [6.45, 7) is 7.09. The standard InChI is InChI=1S/C20H24FN3O3/c1-3-18(25)22-10-11-23(14(2)13-22)20(27)8-9-24-17-6-5-16(21)12-15(17)4-7-19(24)26/h3,5-6,12,14H,1,4,7-11,13H2,2H3/t14-/m0/s1. The maximum absolute atomic E-state index is 13.4. The van der Waals surface area contributed by atoms with Gasteiger partial charge in [-0.3, -0.25) is 14.4 Å². The average molecular weight is 373 g/mol. The van der Waals surface area contributed by atoms with Crippen LogP contribution in [0.25, 0.3) is 0 Å². The van der Waals surface area contributed by atoms with E-state index in [1.54, 1.807) is 20.8 Å². The second-order valence-electron chi connectivity index (χ2n) is 6.99. The number of amides is 3. The van der Waals surface area contributed by atoms with Gasteiger partial charge in [-0.1, -0.05) is 6.58 Å². The van der Waals surface area contributed by atoms with Crippen LogP contribution in [0.1, 0.15) is 25.3 Å². The number of carbonyl (C=O) groups excluding carboxylic acids is 3. The lowest BCUT2D eigenvalue weighted by atomic mass is 10.0. The van der Waals surface area contributed by atoms with Crippen molar-refractivity contribution in [2.24, 2.45) is 0 Å². The number of fused-ring (bicyclic) bond motifs is 1. The number of halogens is 1. The van der Waals surface area contributed by atoms with Gasteiger partial charge in [-0.15, -0.1) is 0 Å². The Morgan fingerprint density at radius 1 is 1.30 bits per heavy atom. The molecule has 0 radical (unpaired) electrons. The second-order valence-corrected chi connectivity index (χ2v) is 6.99. The molecule has 1 aromatic carbocycles. The van der Waals surface area contributed by atoms with E-state index in [4.69, 9.17) is 0 Å². The molecule has 1 aromatic rings. The fourth-order valence-corrected chi connectivity index (χ4v) is 3.78. The molecular formula is C20H24FN3O3. The van der Waals surface area contributed by atoms with Gasteiger partial charge in [0.15, 0.2) is 0 Å². The highest BCUT2D eigenvalue weighted by atomic mass is 19.1. The van der Waals surface area contributed by atoms with Crippen LogP contribution in [-0.4, -0.2) is 59.7 Å². The van der Waals surface area contributed by atoms with Crippen LogP contribution in [0.2, 0.25) is 0 Å². The zero-order chi connectivity index (χ0) is 19.6. The summed E-state index contributed by atoms with van der Waals surface area (Å²) in [6.07, 6.45) is 2.32. The maximum atomic E-state index is 13.4. The molecule has 0 N–H and O–H groups in total. The van der Waals surface area contributed by atoms with E-state index in [2.05, 4.69) is 6.58 Å². The van der Waals surface area contributed by atoms with Crippen LogP contribution in [0, 0.1) is 5.82 Å². The van der Waals surface area contributed by atoms with Gasteiger partial charge in [-0.25, -0.2) is 4.39 Å². The number of anilines is 1. The third-order valence-electron chi connectivity index (χ3n) is 5.22. The molecule has 2 aliphatic rings. The first-order chi connectivity index (χ1) is 12.9. The third-order valence-corrected chi connectivity index (χ3v) is 5.22. The topological polar surface area (TPSA) is 60.9 Å². The first kappa shape index (κ1) is 19.1. The van der Waals surface area contributed by atoms with Crippen LogP contribution < -0.4 is 4.90 Å². The average Bonchev–Trinajstić information content (AvgIpc) is 2.66. The van der Waals surface area contributed by atoms with E-state index in [0.29, 0.717) is 38.2 Å². The van der Waals surface area contributed by atoms with Gasteiger partial charge in [0.25, 0.3) is 0 Å². The Morgan fingerprint density at radius 2 is 2.07 bits per heavy atom. The van der Waals surface area contributed by atoms with Crippen LogP contribution in [-0.2, 0) is 20.8 Å². The molecular weight excluding hydrogens is 349 g/mol. The fraction of sp³-hybridized carbons (Fsp3) is 0.450. The van der Waals surface area contributed by atoms with E-state index in [0.717, 1.165) is 5.56 Å². The maximum Gasteiger partial charge on any atom is 0.246 e. The van der Waals surface area contributed by atoms with Crippen molar-refractivity contribution in [2.75, 3.05) is 31.1 Å². The minimum absolute atomic E-state index is 0.0450. The number of benzene rings is 1. The van der Waals surface area contributed by atoms with Gasteiger partial charge < -0.3 is 14.7 Å². The predicted molar refractivity (Wildman–Crippen MR) is 99.6 cm³/mol. The lowest BCUT2D eigenvalue weighted by Crippen LogP contribution is -2.55. The second kappa shape index (κ2) is 7.90. The molecule has 3 rings (SSSR count). The Morgan fingerprint density at radius 3 is 2.78 bits per heavy atom. The van der Waals surface area contributed by atoms with Gasteiger partial charge in [-0.2, -0.15) is 0 Å². The molecule has 0 aromatic heterocycles. The number of aryl methyl sites for hydroxylation is 1. The van der Waals surface area contributed by atoms with Gasteiger partial charge in [0.2, 0.25) is 17.7 Å². The van der Waals surface area contributed by atoms with Crippen LogP contribution in [0.15, 0.2) is 30.9 Å². The van der Waals surface area contributed by atoms with E-state index in [1.165, 1.54) is 18.2 Å². The molecule has 2 aliphatic heterocycles. The number of carbonyl (C=O) groups is 3. The summed E-state index contributed by atoms with van der Waals surface area (Å²) in [5, 5.41) is 0. The Balaban J connectivity index is 1.62. The van der Waals surface area contributed by atoms with Gasteiger partial charge in [0.1, 0.15) is 5.82 Å². The molecule has 6 nitrogen and oxygen atoms in total. The van der Waals surface area contributed by atoms with Crippen LogP contribution in [0.3, 0.4) is 0 Å². The summed E-state index contributed by atoms with van der Waals surface area (Å²) in [6, 6.07) is 4.31. The van der Waals surface area contributed by atoms with E-state index in [-0.39, 0.29) is 42.5 Å². The number of hydrogen-bond acceptors (Lipinski definition) is 3. The smallest absolute Gasteiger partial charge is 0.246 e. The normalized spacial score (nSPS) is 19.7. The van der Waals surface area contributed by atoms with E-state index < -0.39 is 0 Å². The van der Waals surface area contributed by atoms with Gasteiger partial charge in [0, 0.05) is 50.7 Å². The molecule has 1 saturated heterocycles. The minimum atomic E-state index is -0.320. The predicted octanol–water partition coefficient (Wildman–Crippen LogP) is 1.74. The van der Waals surface area contributed by atoms with Crippen molar-refractivity contribution in [1.82, 2.24) is 9.80 Å². The molecule has 0 aliphatic carbocycles. The highest BCUT2D eigenvalue weighted by Crippen LogP contribution is 2.28. The molecule has 144 valence electrons. The van der Waals surface area contributed by atoms with Crippen molar-refractivity contribution in [3.05, 3.63) is 42.2 Å². The Bertz CT molecular complexity index is 780. The summed E-state index contributed by atoms with van der Waals surface area (Å²) in [4.78, 5) is 41.7. The lowest BCUT2D eigenvalue weighted by Gasteiger charge is -2.40. The molecule has 27 heavy (non-hydrogen) atoms. The summed E-state index contributed by atoms with van der Waals surface area (Å²) < 4.78 is 13.4. The number of hydrogen-bond donors (Lipinski definition) is 0. The molecule has 1 fully saturated rings. The SMILES string of the molecule is C=CC(=O)N1CCN(C(=O)CCN2C(=O)CCc3cc(F)ccc32)[C@@H](C)C1. The molecule has 7 heteroatoms. The van der Waals surface area contributed by atoms with Crippen molar-refractivity contribution in [3.63, 3.8) is 0 Å². The monoisotopic (exact) mass is 373 g/mol. The van der Waals surface area contributed by atoms with E-state index in [9.17, 15) is 18.8 Å². The van der Waals surface area contributed by atoms with Crippen molar-refractivity contribution in [3.8, 4) is 0 Å². The van der Waals surface area contributed by atoms with Gasteiger partial charge in [-0.05, 0) is 43.2 Å². The van der Waals surface area contributed by atoms with Crippen LogP contribution in [0.4, 0.5) is 10.1 Å². The summed E-state index contributed by atoms with van der Waals surface area (Å²) in [5.41, 5.74) is 1.49. The quantitative estimate of drug-likeness (QED) is 0.756. The summed E-state index contributed by atoms with van der Waals surface area (Å²) >= 11 is 0. The van der Waals surface area contributed by atoms with Crippen molar-refractivity contribution in [1.29, 1.82) is 0 Å². The van der Waals surface area contributed by atoms with Crippen molar-refractivity contribution < 1.29 is 18.8 Å². The fourth-order valence-electron chi connectivity index (χ4n) is 3.78. The number of nitrogens with zero attached hydrogens (tertiary/aromatic N) is 3. The lowest BCUT2D eigenvalue weighted by molar-refractivity contribution is -0.140. The first-order valence-electron chi connectivity index (χ1n) is 9.20. The molecule has 3 amide bonds. The van der Waals surface area contributed by atoms with Crippen molar-refractivity contribution >= 4 is 23.4 Å². The minimum Gasteiger partial charge on any atom is -0.336 e. The van der Waals surface area contributed by atoms with E-state index >= 15 is 0 Å². The number of piperazine rings is 1. The highest BCUT2D eigenvalue weighted by molar-refractivity contribution is 5.97.